The summed E-state index contributed by atoms with van der Waals surface area (Å²) in [4.78, 5) is 19.4. The van der Waals surface area contributed by atoms with Crippen LogP contribution in [0.5, 0.6) is 0 Å². The van der Waals surface area contributed by atoms with Gasteiger partial charge in [0.05, 0.1) is 11.0 Å². The first kappa shape index (κ1) is 16.0. The highest BCUT2D eigenvalue weighted by molar-refractivity contribution is 5.77. The normalized spacial score (nSPS) is 17.7. The number of hydrogen-bond donors (Lipinski definition) is 2. The number of amides is 1. The zero-order chi connectivity index (χ0) is 16.1. The van der Waals surface area contributed by atoms with Crippen LogP contribution >= 0.6 is 0 Å². The van der Waals surface area contributed by atoms with Gasteiger partial charge in [-0.2, -0.15) is 0 Å². The Bertz CT molecular complexity index is 662. The SMILES string of the molecule is Cc1ccc2nc(COCC(=O)NCCC3CCOC3)[nH]c2c1. The maximum Gasteiger partial charge on any atom is 0.246 e. The van der Waals surface area contributed by atoms with Crippen molar-refractivity contribution in [2.75, 3.05) is 26.4 Å². The first-order valence-corrected chi connectivity index (χ1v) is 8.08. The summed E-state index contributed by atoms with van der Waals surface area (Å²) >= 11 is 0. The number of fused-ring (bicyclic) bond motifs is 1. The Kier molecular flexibility index (Phi) is 5.25. The summed E-state index contributed by atoms with van der Waals surface area (Å²) in [7, 11) is 0. The molecule has 2 heterocycles. The monoisotopic (exact) mass is 317 g/mol. The van der Waals surface area contributed by atoms with Crippen LogP contribution in [-0.4, -0.2) is 42.2 Å². The van der Waals surface area contributed by atoms with Gasteiger partial charge in [-0.15, -0.1) is 0 Å². The van der Waals surface area contributed by atoms with Crippen molar-refractivity contribution in [1.29, 1.82) is 0 Å². The highest BCUT2D eigenvalue weighted by Crippen LogP contribution is 2.15. The van der Waals surface area contributed by atoms with Crippen LogP contribution in [0.3, 0.4) is 0 Å². The minimum Gasteiger partial charge on any atom is -0.381 e. The molecular weight excluding hydrogens is 294 g/mol. The van der Waals surface area contributed by atoms with E-state index in [0.717, 1.165) is 42.9 Å². The van der Waals surface area contributed by atoms with E-state index in [4.69, 9.17) is 9.47 Å². The number of rotatable bonds is 7. The number of aryl methyl sites for hydroxylation is 1. The second kappa shape index (κ2) is 7.57. The molecule has 2 N–H and O–H groups in total. The fraction of sp³-hybridized carbons (Fsp3) is 0.529. The van der Waals surface area contributed by atoms with Gasteiger partial charge in [0.2, 0.25) is 5.91 Å². The van der Waals surface area contributed by atoms with Gasteiger partial charge in [0.1, 0.15) is 19.0 Å². The summed E-state index contributed by atoms with van der Waals surface area (Å²) in [5, 5.41) is 2.88. The molecule has 0 bridgehead atoms. The third-order valence-corrected chi connectivity index (χ3v) is 4.06. The van der Waals surface area contributed by atoms with Gasteiger partial charge in [0.15, 0.2) is 0 Å². The van der Waals surface area contributed by atoms with Gasteiger partial charge in [-0.05, 0) is 43.4 Å². The van der Waals surface area contributed by atoms with Crippen molar-refractivity contribution >= 4 is 16.9 Å². The van der Waals surface area contributed by atoms with E-state index in [0.29, 0.717) is 19.1 Å². The van der Waals surface area contributed by atoms with Gasteiger partial charge in [0.25, 0.3) is 0 Å². The molecule has 23 heavy (non-hydrogen) atoms. The number of aromatic amines is 1. The van der Waals surface area contributed by atoms with Gasteiger partial charge in [-0.3, -0.25) is 4.79 Å². The van der Waals surface area contributed by atoms with Crippen LogP contribution in [0.15, 0.2) is 18.2 Å². The van der Waals surface area contributed by atoms with E-state index >= 15 is 0 Å². The Morgan fingerprint density at radius 3 is 3.26 bits per heavy atom. The fourth-order valence-corrected chi connectivity index (χ4v) is 2.76. The van der Waals surface area contributed by atoms with Gasteiger partial charge in [0, 0.05) is 19.8 Å². The molecule has 6 heteroatoms. The van der Waals surface area contributed by atoms with Crippen LogP contribution in [0, 0.1) is 12.8 Å². The number of ether oxygens (including phenoxy) is 2. The lowest BCUT2D eigenvalue weighted by molar-refractivity contribution is -0.126. The predicted molar refractivity (Wildman–Crippen MR) is 87.0 cm³/mol. The molecule has 1 aromatic carbocycles. The Balaban J connectivity index is 1.37. The van der Waals surface area contributed by atoms with E-state index in [1.165, 1.54) is 5.56 Å². The molecule has 124 valence electrons. The Hall–Kier alpha value is -1.92. The predicted octanol–water partition coefficient (Wildman–Crippen LogP) is 1.93. The highest BCUT2D eigenvalue weighted by atomic mass is 16.5. The zero-order valence-corrected chi connectivity index (χ0v) is 13.4. The lowest BCUT2D eigenvalue weighted by Crippen LogP contribution is -2.29. The Morgan fingerprint density at radius 1 is 1.52 bits per heavy atom. The quantitative estimate of drug-likeness (QED) is 0.818. The first-order valence-electron chi connectivity index (χ1n) is 8.08. The van der Waals surface area contributed by atoms with Crippen LogP contribution in [-0.2, 0) is 20.9 Å². The molecule has 6 nitrogen and oxygen atoms in total. The molecule has 3 rings (SSSR count). The van der Waals surface area contributed by atoms with E-state index in [2.05, 4.69) is 15.3 Å². The van der Waals surface area contributed by atoms with E-state index in [1.54, 1.807) is 0 Å². The standard InChI is InChI=1S/C17H23N3O3/c1-12-2-3-14-15(8-12)20-16(19-14)10-23-11-17(21)18-6-4-13-5-7-22-9-13/h2-3,8,13H,4-7,9-11H2,1H3,(H,18,21)(H,19,20). The number of H-pyrrole nitrogens is 1. The minimum atomic E-state index is -0.0872. The minimum absolute atomic E-state index is 0.0528. The molecule has 0 radical (unpaired) electrons. The molecular formula is C17H23N3O3. The van der Waals surface area contributed by atoms with Crippen LogP contribution < -0.4 is 5.32 Å². The molecule has 0 saturated carbocycles. The molecule has 0 spiro atoms. The first-order chi connectivity index (χ1) is 11.2. The second-order valence-corrected chi connectivity index (χ2v) is 6.07. The second-order valence-electron chi connectivity index (χ2n) is 6.07. The van der Waals surface area contributed by atoms with Gasteiger partial charge in [-0.25, -0.2) is 4.98 Å². The van der Waals surface area contributed by atoms with Crippen LogP contribution in [0.4, 0.5) is 0 Å². The van der Waals surface area contributed by atoms with Crippen LogP contribution in [0.2, 0.25) is 0 Å². The molecule has 1 amide bonds. The molecule has 1 fully saturated rings. The Morgan fingerprint density at radius 2 is 2.43 bits per heavy atom. The topological polar surface area (TPSA) is 76.2 Å². The van der Waals surface area contributed by atoms with E-state index in [-0.39, 0.29) is 12.5 Å². The van der Waals surface area contributed by atoms with Gasteiger partial charge in [-0.1, -0.05) is 6.07 Å². The summed E-state index contributed by atoms with van der Waals surface area (Å²) < 4.78 is 10.7. The number of benzene rings is 1. The van der Waals surface area contributed by atoms with Crippen molar-refractivity contribution in [3.05, 3.63) is 29.6 Å². The zero-order valence-electron chi connectivity index (χ0n) is 13.4. The summed E-state index contributed by atoms with van der Waals surface area (Å²) in [5.41, 5.74) is 3.09. The third kappa shape index (κ3) is 4.53. The summed E-state index contributed by atoms with van der Waals surface area (Å²) in [6.45, 7) is 4.74. The number of nitrogens with zero attached hydrogens (tertiary/aromatic N) is 1. The molecule has 1 aromatic heterocycles. The average Bonchev–Trinajstić information content (AvgIpc) is 3.16. The molecule has 2 aromatic rings. The number of hydrogen-bond acceptors (Lipinski definition) is 4. The molecule has 1 saturated heterocycles. The van der Waals surface area contributed by atoms with Crippen molar-refractivity contribution < 1.29 is 14.3 Å². The van der Waals surface area contributed by atoms with Gasteiger partial charge >= 0.3 is 0 Å². The largest absolute Gasteiger partial charge is 0.381 e. The van der Waals surface area contributed by atoms with Crippen molar-refractivity contribution in [2.24, 2.45) is 5.92 Å². The van der Waals surface area contributed by atoms with Crippen LogP contribution in [0.25, 0.3) is 11.0 Å². The fourth-order valence-electron chi connectivity index (χ4n) is 2.76. The van der Waals surface area contributed by atoms with Crippen molar-refractivity contribution in [3.8, 4) is 0 Å². The lowest BCUT2D eigenvalue weighted by Gasteiger charge is -2.08. The van der Waals surface area contributed by atoms with E-state index in [1.807, 2.05) is 25.1 Å². The number of nitrogens with one attached hydrogen (secondary N) is 2. The number of carbonyl (C=O) groups excluding carboxylic acids is 1. The number of carbonyl (C=O) groups is 1. The smallest absolute Gasteiger partial charge is 0.246 e. The number of imidazole rings is 1. The summed E-state index contributed by atoms with van der Waals surface area (Å²) in [5.74, 6) is 1.23. The average molecular weight is 317 g/mol. The maximum atomic E-state index is 11.7. The summed E-state index contributed by atoms with van der Waals surface area (Å²) in [6, 6.07) is 6.05. The molecule has 0 aliphatic carbocycles. The number of aromatic nitrogens is 2. The summed E-state index contributed by atoms with van der Waals surface area (Å²) in [6.07, 6.45) is 2.06. The molecule has 1 unspecified atom stereocenters. The van der Waals surface area contributed by atoms with Crippen molar-refractivity contribution in [1.82, 2.24) is 15.3 Å². The Labute approximate surface area is 135 Å². The molecule has 1 atom stereocenters. The lowest BCUT2D eigenvalue weighted by atomic mass is 10.1. The highest BCUT2D eigenvalue weighted by Gasteiger charge is 2.15. The third-order valence-electron chi connectivity index (χ3n) is 4.06. The maximum absolute atomic E-state index is 11.7. The molecule has 1 aliphatic rings. The van der Waals surface area contributed by atoms with Crippen molar-refractivity contribution in [2.45, 2.75) is 26.4 Å². The van der Waals surface area contributed by atoms with E-state index in [9.17, 15) is 4.79 Å². The molecule has 1 aliphatic heterocycles. The van der Waals surface area contributed by atoms with Gasteiger partial charge < -0.3 is 19.8 Å². The van der Waals surface area contributed by atoms with Crippen molar-refractivity contribution in [3.63, 3.8) is 0 Å². The van der Waals surface area contributed by atoms with Crippen LogP contribution in [0.1, 0.15) is 24.2 Å². The van der Waals surface area contributed by atoms with E-state index < -0.39 is 0 Å².